The molecule has 2 aromatic rings. The first-order valence-corrected chi connectivity index (χ1v) is 9.08. The lowest BCUT2D eigenvalue weighted by Crippen LogP contribution is -2.48. The molecule has 0 aromatic carbocycles. The van der Waals surface area contributed by atoms with Gasteiger partial charge in [0.1, 0.15) is 6.33 Å². The Balaban J connectivity index is 1.42. The monoisotopic (exact) mass is 337 g/mol. The summed E-state index contributed by atoms with van der Waals surface area (Å²) in [5.74, 6) is 0.612. The van der Waals surface area contributed by atoms with Crippen molar-refractivity contribution >= 4 is 29.0 Å². The molecule has 6 nitrogen and oxygen atoms in total. The van der Waals surface area contributed by atoms with Gasteiger partial charge in [0.2, 0.25) is 5.91 Å². The lowest BCUT2D eigenvalue weighted by molar-refractivity contribution is -0.130. The predicted octanol–water partition coefficient (Wildman–Crippen LogP) is 1.31. The molecule has 118 valence electrons. The molecular weight excluding hydrogens is 318 g/mol. The number of thiophene rings is 1. The van der Waals surface area contributed by atoms with E-state index in [1.165, 1.54) is 16.6 Å². The van der Waals surface area contributed by atoms with Crippen molar-refractivity contribution < 1.29 is 4.79 Å². The number of carbonyl (C=O) groups excluding carboxylic acids is 1. The molecule has 1 aliphatic rings. The maximum Gasteiger partial charge on any atom is 0.233 e. The maximum absolute atomic E-state index is 12.3. The Morgan fingerprint density at radius 3 is 2.82 bits per heavy atom. The van der Waals surface area contributed by atoms with Gasteiger partial charge in [-0.3, -0.25) is 9.69 Å². The van der Waals surface area contributed by atoms with E-state index in [0.29, 0.717) is 5.75 Å². The molecule has 2 aromatic heterocycles. The Hall–Kier alpha value is -1.38. The largest absolute Gasteiger partial charge is 0.339 e. The molecule has 0 N–H and O–H groups in total. The van der Waals surface area contributed by atoms with Crippen LogP contribution in [-0.4, -0.2) is 62.4 Å². The van der Waals surface area contributed by atoms with E-state index in [1.54, 1.807) is 17.7 Å². The fourth-order valence-corrected chi connectivity index (χ4v) is 3.94. The number of nitrogens with zero attached hydrogens (tertiary/aromatic N) is 5. The lowest BCUT2D eigenvalue weighted by atomic mass is 10.3. The van der Waals surface area contributed by atoms with E-state index in [9.17, 15) is 4.79 Å². The van der Waals surface area contributed by atoms with E-state index in [4.69, 9.17) is 0 Å². The maximum atomic E-state index is 12.3. The highest BCUT2D eigenvalue weighted by atomic mass is 32.2. The SMILES string of the molecule is Cn1cnnc1SCC(=O)N1CCN(Cc2cccs2)CC1. The highest BCUT2D eigenvalue weighted by Crippen LogP contribution is 2.16. The highest BCUT2D eigenvalue weighted by molar-refractivity contribution is 7.99. The second-order valence-corrected chi connectivity index (χ2v) is 7.22. The number of hydrogen-bond acceptors (Lipinski definition) is 6. The molecule has 0 spiro atoms. The Morgan fingerprint density at radius 1 is 1.36 bits per heavy atom. The summed E-state index contributed by atoms with van der Waals surface area (Å²) >= 11 is 3.24. The Kier molecular flexibility index (Phi) is 5.12. The van der Waals surface area contributed by atoms with Gasteiger partial charge in [0.15, 0.2) is 5.16 Å². The summed E-state index contributed by atoms with van der Waals surface area (Å²) < 4.78 is 1.83. The van der Waals surface area contributed by atoms with E-state index < -0.39 is 0 Å². The van der Waals surface area contributed by atoms with Crippen LogP contribution in [0.2, 0.25) is 0 Å². The van der Waals surface area contributed by atoms with Crippen LogP contribution in [0.1, 0.15) is 4.88 Å². The molecule has 0 bridgehead atoms. The van der Waals surface area contributed by atoms with Crippen LogP contribution in [0.4, 0.5) is 0 Å². The van der Waals surface area contributed by atoms with Crippen LogP contribution in [-0.2, 0) is 18.4 Å². The normalized spacial score (nSPS) is 16.1. The number of thioether (sulfide) groups is 1. The van der Waals surface area contributed by atoms with Gasteiger partial charge in [0.05, 0.1) is 5.75 Å². The minimum Gasteiger partial charge on any atom is -0.339 e. The highest BCUT2D eigenvalue weighted by Gasteiger charge is 2.21. The topological polar surface area (TPSA) is 54.3 Å². The molecule has 0 radical (unpaired) electrons. The van der Waals surface area contributed by atoms with E-state index in [-0.39, 0.29) is 5.91 Å². The zero-order chi connectivity index (χ0) is 15.4. The molecule has 1 fully saturated rings. The molecule has 0 unspecified atom stereocenters. The summed E-state index contributed by atoms with van der Waals surface area (Å²) in [6, 6.07) is 4.25. The number of hydrogen-bond donors (Lipinski definition) is 0. The van der Waals surface area contributed by atoms with E-state index in [0.717, 1.165) is 37.9 Å². The van der Waals surface area contributed by atoms with Gasteiger partial charge in [0, 0.05) is 44.6 Å². The molecule has 1 amide bonds. The Morgan fingerprint density at radius 2 is 2.18 bits per heavy atom. The number of amides is 1. The standard InChI is InChI=1S/C14H19N5OS2/c1-17-11-15-16-14(17)22-10-13(20)19-6-4-18(5-7-19)9-12-3-2-8-21-12/h2-3,8,11H,4-7,9-10H2,1H3. The zero-order valence-corrected chi connectivity index (χ0v) is 14.1. The van der Waals surface area contributed by atoms with Gasteiger partial charge >= 0.3 is 0 Å². The van der Waals surface area contributed by atoms with E-state index in [2.05, 4.69) is 32.6 Å². The molecule has 3 rings (SSSR count). The van der Waals surface area contributed by atoms with Crippen molar-refractivity contribution in [1.29, 1.82) is 0 Å². The average Bonchev–Trinajstić information content (AvgIpc) is 3.17. The van der Waals surface area contributed by atoms with Gasteiger partial charge in [0.25, 0.3) is 0 Å². The fourth-order valence-electron chi connectivity index (χ4n) is 2.40. The Bertz CT molecular complexity index is 605. The third-order valence-electron chi connectivity index (χ3n) is 3.68. The molecule has 0 aliphatic carbocycles. The summed E-state index contributed by atoms with van der Waals surface area (Å²) in [7, 11) is 1.89. The van der Waals surface area contributed by atoms with Crippen molar-refractivity contribution in [3.63, 3.8) is 0 Å². The first-order valence-electron chi connectivity index (χ1n) is 7.21. The summed E-state index contributed by atoms with van der Waals surface area (Å²) in [6.07, 6.45) is 1.65. The molecular formula is C14H19N5OS2. The molecule has 1 aliphatic heterocycles. The van der Waals surface area contributed by atoms with Gasteiger partial charge in [-0.05, 0) is 11.4 Å². The van der Waals surface area contributed by atoms with Crippen molar-refractivity contribution in [2.45, 2.75) is 11.7 Å². The van der Waals surface area contributed by atoms with Crippen molar-refractivity contribution in [2.75, 3.05) is 31.9 Å². The molecule has 8 heteroatoms. The number of piperazine rings is 1. The summed E-state index contributed by atoms with van der Waals surface area (Å²) in [4.78, 5) is 18.0. The summed E-state index contributed by atoms with van der Waals surface area (Å²) in [5, 5.41) is 10.7. The summed E-state index contributed by atoms with van der Waals surface area (Å²) in [6.45, 7) is 4.50. The van der Waals surface area contributed by atoms with Gasteiger partial charge in [-0.25, -0.2) is 0 Å². The quantitative estimate of drug-likeness (QED) is 0.770. The molecule has 0 atom stereocenters. The first-order chi connectivity index (χ1) is 10.7. The molecule has 1 saturated heterocycles. The second kappa shape index (κ2) is 7.26. The van der Waals surface area contributed by atoms with Gasteiger partial charge in [-0.15, -0.1) is 21.5 Å². The van der Waals surface area contributed by atoms with Crippen LogP contribution in [0, 0.1) is 0 Å². The number of aryl methyl sites for hydroxylation is 1. The number of rotatable bonds is 5. The fraction of sp³-hybridized carbons (Fsp3) is 0.500. The van der Waals surface area contributed by atoms with Crippen LogP contribution in [0.25, 0.3) is 0 Å². The molecule has 3 heterocycles. The van der Waals surface area contributed by atoms with Crippen molar-refractivity contribution in [3.8, 4) is 0 Å². The minimum absolute atomic E-state index is 0.184. The third-order valence-corrected chi connectivity index (χ3v) is 5.56. The Labute approximate surface area is 138 Å². The van der Waals surface area contributed by atoms with Crippen molar-refractivity contribution in [2.24, 2.45) is 7.05 Å². The summed E-state index contributed by atoms with van der Waals surface area (Å²) in [5.41, 5.74) is 0. The van der Waals surface area contributed by atoms with Crippen LogP contribution < -0.4 is 0 Å². The average molecular weight is 337 g/mol. The zero-order valence-electron chi connectivity index (χ0n) is 12.5. The molecule has 0 saturated carbocycles. The van der Waals surface area contributed by atoms with Crippen molar-refractivity contribution in [3.05, 3.63) is 28.7 Å². The number of aromatic nitrogens is 3. The van der Waals surface area contributed by atoms with Gasteiger partial charge < -0.3 is 9.47 Å². The third kappa shape index (κ3) is 3.88. The van der Waals surface area contributed by atoms with Crippen molar-refractivity contribution in [1.82, 2.24) is 24.6 Å². The van der Waals surface area contributed by atoms with Gasteiger partial charge in [-0.1, -0.05) is 17.8 Å². The second-order valence-electron chi connectivity index (χ2n) is 5.25. The lowest BCUT2D eigenvalue weighted by Gasteiger charge is -2.34. The van der Waals surface area contributed by atoms with Crippen LogP contribution in [0.15, 0.2) is 29.0 Å². The van der Waals surface area contributed by atoms with Crippen LogP contribution in [0.3, 0.4) is 0 Å². The molecule has 22 heavy (non-hydrogen) atoms. The van der Waals surface area contributed by atoms with E-state index >= 15 is 0 Å². The predicted molar refractivity (Wildman–Crippen MR) is 87.9 cm³/mol. The van der Waals surface area contributed by atoms with Gasteiger partial charge in [-0.2, -0.15) is 0 Å². The van der Waals surface area contributed by atoms with Crippen LogP contribution >= 0.6 is 23.1 Å². The smallest absolute Gasteiger partial charge is 0.233 e. The first kappa shape index (κ1) is 15.5. The minimum atomic E-state index is 0.184. The van der Waals surface area contributed by atoms with Crippen LogP contribution in [0.5, 0.6) is 0 Å². The number of carbonyl (C=O) groups is 1. The van der Waals surface area contributed by atoms with E-state index in [1.807, 2.05) is 16.5 Å².